The van der Waals surface area contributed by atoms with Crippen LogP contribution in [0.4, 0.5) is 0 Å². The summed E-state index contributed by atoms with van der Waals surface area (Å²) in [5.74, 6) is 0. The van der Waals surface area contributed by atoms with E-state index >= 15 is 0 Å². The molecular formula is C9H10INO. The minimum Gasteiger partial charge on any atom is -0.373 e. The maximum absolute atomic E-state index is 9.11. The van der Waals surface area contributed by atoms with Gasteiger partial charge in [-0.25, -0.2) is 0 Å². The lowest BCUT2D eigenvalue weighted by atomic mass is 9.82. The third-order valence-electron chi connectivity index (χ3n) is 2.53. The van der Waals surface area contributed by atoms with Crippen molar-refractivity contribution in [2.24, 2.45) is 5.41 Å². The zero-order valence-corrected chi connectivity index (χ0v) is 8.82. The van der Waals surface area contributed by atoms with Crippen LogP contribution in [0, 0.1) is 16.7 Å². The molecule has 0 amide bonds. The Balaban J connectivity index is 2.08. The van der Waals surface area contributed by atoms with Gasteiger partial charge >= 0.3 is 0 Å². The van der Waals surface area contributed by atoms with Gasteiger partial charge in [-0.3, -0.25) is 0 Å². The van der Waals surface area contributed by atoms with E-state index in [1.807, 2.05) is 0 Å². The molecule has 1 aliphatic carbocycles. The van der Waals surface area contributed by atoms with E-state index in [1.54, 1.807) is 0 Å². The van der Waals surface area contributed by atoms with Gasteiger partial charge < -0.3 is 4.74 Å². The molecule has 0 bridgehead atoms. The van der Waals surface area contributed by atoms with Crippen molar-refractivity contribution < 1.29 is 4.74 Å². The second-order valence-electron chi connectivity index (χ2n) is 3.46. The van der Waals surface area contributed by atoms with E-state index in [-0.39, 0.29) is 5.41 Å². The number of hydrogen-bond donors (Lipinski definition) is 0. The minimum absolute atomic E-state index is 0.165. The molecular weight excluding hydrogens is 265 g/mol. The molecule has 0 radical (unpaired) electrons. The van der Waals surface area contributed by atoms with Crippen molar-refractivity contribution >= 4 is 22.6 Å². The normalized spacial score (nSPS) is 44.3. The van der Waals surface area contributed by atoms with Crippen LogP contribution in [0.15, 0.2) is 12.2 Å². The van der Waals surface area contributed by atoms with Crippen LogP contribution < -0.4 is 0 Å². The summed E-state index contributed by atoms with van der Waals surface area (Å²) in [5, 5.41) is 9.11. The molecule has 1 fully saturated rings. The van der Waals surface area contributed by atoms with Gasteiger partial charge in [0, 0.05) is 3.92 Å². The quantitative estimate of drug-likeness (QED) is 0.335. The molecule has 2 nitrogen and oxygen atoms in total. The van der Waals surface area contributed by atoms with Crippen molar-refractivity contribution in [1.29, 1.82) is 5.26 Å². The van der Waals surface area contributed by atoms with Gasteiger partial charge in [0.2, 0.25) is 0 Å². The Morgan fingerprint density at radius 3 is 2.92 bits per heavy atom. The second-order valence-corrected chi connectivity index (χ2v) is 4.80. The summed E-state index contributed by atoms with van der Waals surface area (Å²) in [7, 11) is 0. The van der Waals surface area contributed by atoms with Gasteiger partial charge in [-0.15, -0.1) is 0 Å². The zero-order chi connectivity index (χ0) is 8.60. The molecule has 12 heavy (non-hydrogen) atoms. The molecule has 0 aromatic carbocycles. The molecule has 1 aliphatic heterocycles. The molecule has 2 unspecified atom stereocenters. The van der Waals surface area contributed by atoms with E-state index in [2.05, 4.69) is 40.8 Å². The highest BCUT2D eigenvalue weighted by Gasteiger charge is 2.43. The van der Waals surface area contributed by atoms with E-state index in [0.717, 1.165) is 19.4 Å². The van der Waals surface area contributed by atoms with Gasteiger partial charge in [-0.1, -0.05) is 34.7 Å². The summed E-state index contributed by atoms with van der Waals surface area (Å²) in [5.41, 5.74) is -0.165. The lowest BCUT2D eigenvalue weighted by Gasteiger charge is -2.23. The molecule has 0 aromatic heterocycles. The summed E-state index contributed by atoms with van der Waals surface area (Å²) in [6.45, 7) is 0.854. The monoisotopic (exact) mass is 275 g/mol. The number of allylic oxidation sites excluding steroid dienone is 2. The standard InChI is InChI=1S/C9H10INO/c10-8-2-1-3-9(8,6-11)4-7-5-12-7/h1-2,7-8H,3-5H2/t7?,8?,9-/m0/s1. The maximum atomic E-state index is 9.11. The first kappa shape index (κ1) is 8.52. The number of nitriles is 1. The first-order valence-electron chi connectivity index (χ1n) is 4.10. The second kappa shape index (κ2) is 3.00. The van der Waals surface area contributed by atoms with E-state index < -0.39 is 0 Å². The molecule has 0 aromatic rings. The third kappa shape index (κ3) is 1.38. The van der Waals surface area contributed by atoms with Crippen LogP contribution >= 0.6 is 22.6 Å². The highest BCUT2D eigenvalue weighted by atomic mass is 127. The fraction of sp³-hybridized carbons (Fsp3) is 0.667. The SMILES string of the molecule is N#C[C@@]1(CC2CO2)CC=CC1I. The molecule has 64 valence electrons. The minimum atomic E-state index is -0.165. The smallest absolute Gasteiger partial charge is 0.0825 e. The largest absolute Gasteiger partial charge is 0.373 e. The van der Waals surface area contributed by atoms with Crippen LogP contribution in [-0.2, 0) is 4.74 Å². The number of epoxide rings is 1. The van der Waals surface area contributed by atoms with E-state index in [9.17, 15) is 0 Å². The zero-order valence-electron chi connectivity index (χ0n) is 6.66. The number of nitrogens with zero attached hydrogens (tertiary/aromatic N) is 1. The highest BCUT2D eigenvalue weighted by molar-refractivity contribution is 14.1. The van der Waals surface area contributed by atoms with Crippen LogP contribution in [0.3, 0.4) is 0 Å². The summed E-state index contributed by atoms with van der Waals surface area (Å²) in [6.07, 6.45) is 6.41. The fourth-order valence-electron chi connectivity index (χ4n) is 1.64. The summed E-state index contributed by atoms with van der Waals surface area (Å²) >= 11 is 2.34. The maximum Gasteiger partial charge on any atom is 0.0825 e. The Morgan fingerprint density at radius 2 is 2.50 bits per heavy atom. The van der Waals surface area contributed by atoms with Crippen molar-refractivity contribution in [2.75, 3.05) is 6.61 Å². The van der Waals surface area contributed by atoms with Gasteiger partial charge in [0.15, 0.2) is 0 Å². The highest BCUT2D eigenvalue weighted by Crippen LogP contribution is 2.44. The molecule has 2 aliphatic rings. The molecule has 3 heteroatoms. The molecule has 2 rings (SSSR count). The van der Waals surface area contributed by atoms with Crippen molar-refractivity contribution in [3.8, 4) is 6.07 Å². The number of ether oxygens (including phenoxy) is 1. The Kier molecular flexibility index (Phi) is 2.13. The summed E-state index contributed by atoms with van der Waals surface area (Å²) in [4.78, 5) is 0. The van der Waals surface area contributed by atoms with Crippen molar-refractivity contribution in [3.05, 3.63) is 12.2 Å². The van der Waals surface area contributed by atoms with Gasteiger partial charge in [-0.05, 0) is 12.8 Å². The van der Waals surface area contributed by atoms with Crippen LogP contribution in [0.2, 0.25) is 0 Å². The fourth-order valence-corrected chi connectivity index (χ4v) is 2.58. The molecule has 3 atom stereocenters. The Morgan fingerprint density at radius 1 is 1.75 bits per heavy atom. The first-order valence-corrected chi connectivity index (χ1v) is 5.35. The third-order valence-corrected chi connectivity index (χ3v) is 4.14. The number of halogens is 1. The van der Waals surface area contributed by atoms with Crippen LogP contribution in [0.5, 0.6) is 0 Å². The van der Waals surface area contributed by atoms with Gasteiger partial charge in [-0.2, -0.15) is 5.26 Å². The van der Waals surface area contributed by atoms with Crippen LogP contribution in [0.1, 0.15) is 12.8 Å². The predicted octanol–water partition coefficient (Wildman–Crippen LogP) is 2.05. The van der Waals surface area contributed by atoms with E-state index in [1.165, 1.54) is 0 Å². The van der Waals surface area contributed by atoms with Crippen LogP contribution in [0.25, 0.3) is 0 Å². The van der Waals surface area contributed by atoms with Crippen LogP contribution in [-0.4, -0.2) is 16.6 Å². The first-order chi connectivity index (χ1) is 5.77. The molecule has 0 spiro atoms. The lowest BCUT2D eigenvalue weighted by Crippen LogP contribution is -2.26. The van der Waals surface area contributed by atoms with E-state index in [4.69, 9.17) is 10.00 Å². The predicted molar refractivity (Wildman–Crippen MR) is 54.0 cm³/mol. The summed E-state index contributed by atoms with van der Waals surface area (Å²) < 4.78 is 5.53. The molecule has 1 saturated heterocycles. The lowest BCUT2D eigenvalue weighted by molar-refractivity contribution is 0.317. The van der Waals surface area contributed by atoms with E-state index in [0.29, 0.717) is 10.0 Å². The molecule has 0 N–H and O–H groups in total. The van der Waals surface area contributed by atoms with Gasteiger partial charge in [0.25, 0.3) is 0 Å². The average Bonchev–Trinajstić information content (AvgIpc) is 2.79. The number of alkyl halides is 1. The van der Waals surface area contributed by atoms with Crippen molar-refractivity contribution in [2.45, 2.75) is 22.9 Å². The van der Waals surface area contributed by atoms with Crippen molar-refractivity contribution in [1.82, 2.24) is 0 Å². The molecule has 1 heterocycles. The topological polar surface area (TPSA) is 36.3 Å². The van der Waals surface area contributed by atoms with Gasteiger partial charge in [0.1, 0.15) is 0 Å². The van der Waals surface area contributed by atoms with Crippen molar-refractivity contribution in [3.63, 3.8) is 0 Å². The van der Waals surface area contributed by atoms with Gasteiger partial charge in [0.05, 0.1) is 24.2 Å². The summed E-state index contributed by atoms with van der Waals surface area (Å²) in [6, 6.07) is 2.45. The number of rotatable bonds is 2. The average molecular weight is 275 g/mol. The Hall–Kier alpha value is -0.0800. The molecule has 0 saturated carbocycles. The Labute approximate surface area is 85.7 Å². The Bertz CT molecular complexity index is 254. The number of hydrogen-bond acceptors (Lipinski definition) is 2.